The zero-order valence-corrected chi connectivity index (χ0v) is 88.2. The second-order valence-corrected chi connectivity index (χ2v) is 46.3. The smallest absolute Gasteiger partial charge is 0.462 e. The number of carbonyl (C=O) groups excluding carboxylic acids is 7. The molecule has 1 saturated heterocycles. The van der Waals surface area contributed by atoms with Crippen molar-refractivity contribution in [1.29, 1.82) is 0 Å². The van der Waals surface area contributed by atoms with Crippen molar-refractivity contribution in [3.63, 3.8) is 0 Å². The van der Waals surface area contributed by atoms with Crippen LogP contribution in [0.2, 0.25) is 18.1 Å². The van der Waals surface area contributed by atoms with Crippen molar-refractivity contribution in [3.8, 4) is 0 Å². The number of phosphoric ester groups is 1. The molecule has 1 aliphatic rings. The van der Waals surface area contributed by atoms with E-state index in [0.717, 1.165) is 212 Å². The Kier molecular flexibility index (Phi) is 66.3. The zero-order valence-electron chi connectivity index (χ0n) is 86.3. The van der Waals surface area contributed by atoms with Gasteiger partial charge >= 0.3 is 37.7 Å². The van der Waals surface area contributed by atoms with Crippen LogP contribution in [-0.2, 0) is 116 Å². The number of carbonyl (C=O) groups is 7. The van der Waals surface area contributed by atoms with Crippen molar-refractivity contribution < 1.29 is 89.3 Å². The molecule has 4 aromatic rings. The second-order valence-electron chi connectivity index (χ2n) is 39.9. The van der Waals surface area contributed by atoms with E-state index in [1.165, 1.54) is 63.4 Å². The third-order valence-electron chi connectivity index (χ3n) is 26.6. The highest BCUT2D eigenvalue weighted by Gasteiger charge is 2.55. The standard InChI is InChI=1S/C113H185N2O19PSi/c1-11-16-21-26-31-34-39-45-64-79-97(129-104(118)82-67-48-37-29-24-19-14-4)85-102(116)114-100(111(122)124-88-94-73-58-52-59-74-94)91-125-112-108(115-103(117)86-98(80-65-46-40-35-32-27-22-17-12-2)130-105(119)83-68-49-38-30-25-20-15-5)110(109(101(132-112)92-128-136(9,10)113(6,7)8)134-135(123,126-89-95-75-60-53-61-76-95)127-90-96-77-62-54-63-78-96)133-107(121)87-99(81-66-47-41-36-33-28-23-18-13-3)131-106(120)84-69-50-43-42-44-55-70-93-71-56-51-57-72-93/h51-54,56-63,71-78,97-101,108-110,112H,11-50,55,64-70,79-92H2,1-10H3,(H,114,116)(H,115,117)/t97-,98-,99-,100-,101?,108?,109?,110?,112?/m1/s1. The highest BCUT2D eigenvalue weighted by Crippen LogP contribution is 2.54. The summed E-state index contributed by atoms with van der Waals surface area (Å²) >= 11 is 0. The van der Waals surface area contributed by atoms with E-state index in [9.17, 15) is 14.4 Å². The molecule has 136 heavy (non-hydrogen) atoms. The largest absolute Gasteiger partial charge is 0.475 e. The number of nitrogens with one attached hydrogen (secondary N) is 2. The van der Waals surface area contributed by atoms with E-state index in [1.54, 1.807) is 24.3 Å². The van der Waals surface area contributed by atoms with E-state index in [4.69, 9.17) is 51.2 Å². The molecule has 0 bridgehead atoms. The minimum Gasteiger partial charge on any atom is -0.462 e. The van der Waals surface area contributed by atoms with Gasteiger partial charge in [-0.3, -0.25) is 42.3 Å². The summed E-state index contributed by atoms with van der Waals surface area (Å²) in [4.78, 5) is 105. The summed E-state index contributed by atoms with van der Waals surface area (Å²) in [7, 11) is -7.87. The van der Waals surface area contributed by atoms with E-state index < -0.39 is 131 Å². The molecular formula is C113H185N2O19PSi. The minimum atomic E-state index is -5.00. The van der Waals surface area contributed by atoms with Gasteiger partial charge in [0, 0.05) is 19.3 Å². The van der Waals surface area contributed by atoms with Crippen LogP contribution in [0, 0.1) is 0 Å². The van der Waals surface area contributed by atoms with Crippen molar-refractivity contribution in [1.82, 2.24) is 10.6 Å². The quantitative estimate of drug-likeness (QED) is 0.0137. The van der Waals surface area contributed by atoms with Gasteiger partial charge in [-0.15, -0.1) is 0 Å². The van der Waals surface area contributed by atoms with Crippen LogP contribution in [0.15, 0.2) is 121 Å². The summed E-state index contributed by atoms with van der Waals surface area (Å²) in [6, 6.07) is 34.5. The number of esters is 5. The van der Waals surface area contributed by atoms with Gasteiger partial charge in [0.15, 0.2) is 26.8 Å². The van der Waals surface area contributed by atoms with Crippen molar-refractivity contribution in [3.05, 3.63) is 144 Å². The molecule has 1 aliphatic heterocycles. The molecule has 4 aromatic carbocycles. The molecule has 2 N–H and O–H groups in total. The molecule has 770 valence electrons. The van der Waals surface area contributed by atoms with Crippen molar-refractivity contribution in [2.75, 3.05) is 13.2 Å². The van der Waals surface area contributed by atoms with Gasteiger partial charge in [-0.05, 0) is 111 Å². The van der Waals surface area contributed by atoms with Crippen LogP contribution in [0.25, 0.3) is 0 Å². The van der Waals surface area contributed by atoms with Crippen molar-refractivity contribution in [2.24, 2.45) is 0 Å². The van der Waals surface area contributed by atoms with Crippen LogP contribution in [0.1, 0.15) is 437 Å². The Balaban J connectivity index is 1.72. The summed E-state index contributed by atoms with van der Waals surface area (Å²) in [5, 5.41) is 5.69. The third kappa shape index (κ3) is 56.7. The molecule has 0 aromatic heterocycles. The fraction of sp³-hybridized carbons (Fsp3) is 0.726. The summed E-state index contributed by atoms with van der Waals surface area (Å²) in [6.07, 6.45) is 39.5. The second kappa shape index (κ2) is 75.2. The normalized spacial score (nSPS) is 16.1. The Morgan fingerprint density at radius 2 is 0.721 bits per heavy atom. The summed E-state index contributed by atoms with van der Waals surface area (Å²) in [5.74, 6) is -4.35. The first-order valence-electron chi connectivity index (χ1n) is 54.1. The van der Waals surface area contributed by atoms with E-state index in [2.05, 4.69) is 103 Å². The maximum absolute atomic E-state index is 16.5. The molecule has 0 radical (unpaired) electrons. The molecule has 0 aliphatic carbocycles. The Labute approximate surface area is 824 Å². The number of amides is 2. The average Bonchev–Trinajstić information content (AvgIpc) is 0.768. The highest BCUT2D eigenvalue weighted by molar-refractivity contribution is 7.48. The van der Waals surface area contributed by atoms with Gasteiger partial charge in [0.05, 0.1) is 45.7 Å². The Hall–Kier alpha value is -6.62. The Bertz CT molecular complexity index is 3720. The van der Waals surface area contributed by atoms with E-state index in [-0.39, 0.29) is 58.5 Å². The molecule has 2 amide bonds. The number of benzene rings is 4. The Morgan fingerprint density at radius 3 is 1.10 bits per heavy atom. The molecule has 9 atom stereocenters. The van der Waals surface area contributed by atoms with Gasteiger partial charge in [-0.1, -0.05) is 434 Å². The number of aryl methyl sites for hydroxylation is 1. The van der Waals surface area contributed by atoms with Crippen molar-refractivity contribution >= 4 is 57.8 Å². The first-order chi connectivity index (χ1) is 66.0. The molecule has 5 unspecified atom stereocenters. The SMILES string of the molecule is CCCCCCCCCCC[C@H](CC(=O)NC1C(OC[C@@H](NC(=O)C[C@@H](CCCCCCCCCCC)OC(=O)CCCCCCCCC)C(=O)OCc2ccccc2)OC(CO[Si](C)(C)C(C)(C)C)C(OP(=O)(OCc2ccccc2)OCc2ccccc2)C1OC(=O)C[C@@H](CCCCCCCCCCC)OC(=O)CCCCCCCCc1ccccc1)OC(=O)CCCCCCCCC. The number of hydrogen-bond donors (Lipinski definition) is 2. The van der Waals surface area contributed by atoms with Crippen LogP contribution in [0.3, 0.4) is 0 Å². The van der Waals surface area contributed by atoms with Crippen LogP contribution in [-0.4, -0.2) is 118 Å². The van der Waals surface area contributed by atoms with Gasteiger partial charge < -0.3 is 48.2 Å². The lowest BCUT2D eigenvalue weighted by molar-refractivity contribution is -0.272. The fourth-order valence-electron chi connectivity index (χ4n) is 17.1. The highest BCUT2D eigenvalue weighted by atomic mass is 31.2. The minimum absolute atomic E-state index is 0.135. The van der Waals surface area contributed by atoms with E-state index in [1.807, 2.05) is 72.8 Å². The maximum atomic E-state index is 16.5. The molecule has 1 heterocycles. The van der Waals surface area contributed by atoms with Crippen LogP contribution in [0.4, 0.5) is 0 Å². The maximum Gasteiger partial charge on any atom is 0.475 e. The van der Waals surface area contributed by atoms with Crippen LogP contribution >= 0.6 is 7.82 Å². The molecule has 5 rings (SSSR count). The Morgan fingerprint density at radius 1 is 0.390 bits per heavy atom. The lowest BCUT2D eigenvalue weighted by atomic mass is 9.95. The topological polar surface area (TPSA) is 262 Å². The first-order valence-corrected chi connectivity index (χ1v) is 58.5. The molecule has 23 heteroatoms. The molecule has 1 fully saturated rings. The molecular weight excluding hydrogens is 1750 g/mol. The van der Waals surface area contributed by atoms with E-state index >= 15 is 23.7 Å². The number of hydrogen-bond acceptors (Lipinski definition) is 19. The number of phosphoric acid groups is 1. The molecule has 0 saturated carbocycles. The third-order valence-corrected chi connectivity index (χ3v) is 32.4. The van der Waals surface area contributed by atoms with Crippen LogP contribution < -0.4 is 10.6 Å². The molecule has 21 nitrogen and oxygen atoms in total. The summed E-state index contributed by atoms with van der Waals surface area (Å²) in [5.41, 5.74) is 3.22. The van der Waals surface area contributed by atoms with Crippen LogP contribution in [0.5, 0.6) is 0 Å². The van der Waals surface area contributed by atoms with Gasteiger partial charge in [0.2, 0.25) is 11.8 Å². The summed E-state index contributed by atoms with van der Waals surface area (Å²) in [6.45, 7) is 19.6. The van der Waals surface area contributed by atoms with Crippen molar-refractivity contribution in [2.45, 2.75) is 514 Å². The number of ether oxygens (including phenoxy) is 7. The van der Waals surface area contributed by atoms with Gasteiger partial charge in [-0.25, -0.2) is 9.36 Å². The average molecular weight is 1930 g/mol. The number of rotatable bonds is 84. The predicted molar refractivity (Wildman–Crippen MR) is 549 cm³/mol. The number of unbranched alkanes of at least 4 members (excludes halogenated alkanes) is 41. The lowest BCUT2D eigenvalue weighted by Crippen LogP contribution is -2.67. The zero-order chi connectivity index (χ0) is 98.2. The summed E-state index contributed by atoms with van der Waals surface area (Å²) < 4.78 is 90.2. The lowest BCUT2D eigenvalue weighted by Gasteiger charge is -2.47. The predicted octanol–water partition coefficient (Wildman–Crippen LogP) is 29.2. The van der Waals surface area contributed by atoms with Gasteiger partial charge in [-0.2, -0.15) is 0 Å². The van der Waals surface area contributed by atoms with E-state index in [0.29, 0.717) is 74.5 Å². The fourth-order valence-corrected chi connectivity index (χ4v) is 19.5. The van der Waals surface area contributed by atoms with Gasteiger partial charge in [0.1, 0.15) is 43.2 Å². The molecule has 0 spiro atoms. The first kappa shape index (κ1) is 120. The van der Waals surface area contributed by atoms with Gasteiger partial charge in [0.25, 0.3) is 0 Å². The monoisotopic (exact) mass is 1930 g/mol.